The summed E-state index contributed by atoms with van der Waals surface area (Å²) in [5.74, 6) is -0.104. The first-order valence-electron chi connectivity index (χ1n) is 8.66. The number of hydrogen-bond acceptors (Lipinski definition) is 3. The number of aromatic nitrogens is 1. The van der Waals surface area contributed by atoms with E-state index in [0.717, 1.165) is 10.0 Å². The van der Waals surface area contributed by atoms with E-state index in [0.29, 0.717) is 31.7 Å². The van der Waals surface area contributed by atoms with Crippen LogP contribution in [0.1, 0.15) is 18.4 Å². The molecule has 140 valence electrons. The van der Waals surface area contributed by atoms with Crippen LogP contribution in [0.3, 0.4) is 0 Å². The van der Waals surface area contributed by atoms with E-state index >= 15 is 0 Å². The lowest BCUT2D eigenvalue weighted by Crippen LogP contribution is -2.40. The zero-order valence-electron chi connectivity index (χ0n) is 14.6. The summed E-state index contributed by atoms with van der Waals surface area (Å²) in [5.41, 5.74) is 0.765. The Hall–Kier alpha value is -2.54. The number of anilines is 1. The number of pyridine rings is 1. The van der Waals surface area contributed by atoms with Crippen molar-refractivity contribution in [1.82, 2.24) is 9.88 Å². The molecule has 0 saturated carbocycles. The number of nitrogens with zero attached hydrogens (tertiary/aromatic N) is 2. The van der Waals surface area contributed by atoms with Crippen LogP contribution < -0.4 is 5.32 Å². The SMILES string of the molecule is O=C(Nc1ccc(Br)cn1)C1CCN(C(=O)/C=C/c2ccc(F)cc2)CC1. The molecule has 27 heavy (non-hydrogen) atoms. The molecule has 0 atom stereocenters. The van der Waals surface area contributed by atoms with E-state index < -0.39 is 0 Å². The summed E-state index contributed by atoms with van der Waals surface area (Å²) in [6, 6.07) is 9.50. The topological polar surface area (TPSA) is 62.3 Å². The van der Waals surface area contributed by atoms with Crippen LogP contribution in [0, 0.1) is 11.7 Å². The molecule has 2 amide bonds. The Morgan fingerprint density at radius 1 is 1.15 bits per heavy atom. The highest BCUT2D eigenvalue weighted by Gasteiger charge is 2.26. The Bertz CT molecular complexity index is 829. The number of carbonyl (C=O) groups is 2. The summed E-state index contributed by atoms with van der Waals surface area (Å²) in [5, 5.41) is 2.82. The molecular weight excluding hydrogens is 413 g/mol. The maximum absolute atomic E-state index is 12.9. The van der Waals surface area contributed by atoms with Gasteiger partial charge in [-0.1, -0.05) is 12.1 Å². The van der Waals surface area contributed by atoms with Crippen LogP contribution in [0.2, 0.25) is 0 Å². The molecule has 1 aliphatic heterocycles. The number of rotatable bonds is 4. The number of carbonyl (C=O) groups excluding carboxylic acids is 2. The fraction of sp³-hybridized carbons (Fsp3) is 0.250. The summed E-state index contributed by atoms with van der Waals surface area (Å²) in [7, 11) is 0. The van der Waals surface area contributed by atoms with Gasteiger partial charge in [0.2, 0.25) is 11.8 Å². The monoisotopic (exact) mass is 431 g/mol. The van der Waals surface area contributed by atoms with E-state index in [4.69, 9.17) is 0 Å². The standard InChI is InChI=1S/C20H19BrFN3O2/c21-16-4-7-18(23-13-16)24-20(27)15-9-11-25(12-10-15)19(26)8-3-14-1-5-17(22)6-2-14/h1-8,13,15H,9-12H2,(H,23,24,27)/b8-3+. The van der Waals surface area contributed by atoms with E-state index in [2.05, 4.69) is 26.2 Å². The third-order valence-electron chi connectivity index (χ3n) is 4.44. The van der Waals surface area contributed by atoms with Gasteiger partial charge in [-0.05, 0) is 64.7 Å². The van der Waals surface area contributed by atoms with Crippen LogP contribution in [0.15, 0.2) is 53.1 Å². The normalized spacial score (nSPS) is 15.1. The number of likely N-dealkylation sites (tertiary alicyclic amines) is 1. The van der Waals surface area contributed by atoms with Crippen molar-refractivity contribution in [2.75, 3.05) is 18.4 Å². The van der Waals surface area contributed by atoms with E-state index in [9.17, 15) is 14.0 Å². The molecule has 1 aromatic heterocycles. The molecule has 5 nitrogen and oxygen atoms in total. The fourth-order valence-electron chi connectivity index (χ4n) is 2.89. The number of halogens is 2. The molecule has 2 aromatic rings. The van der Waals surface area contributed by atoms with Crippen LogP contribution >= 0.6 is 15.9 Å². The van der Waals surface area contributed by atoms with Gasteiger partial charge in [0.1, 0.15) is 11.6 Å². The zero-order valence-corrected chi connectivity index (χ0v) is 16.2. The Kier molecular flexibility index (Phi) is 6.34. The summed E-state index contributed by atoms with van der Waals surface area (Å²) in [4.78, 5) is 30.5. The lowest BCUT2D eigenvalue weighted by atomic mass is 9.96. The molecule has 3 rings (SSSR count). The van der Waals surface area contributed by atoms with Gasteiger partial charge in [0.25, 0.3) is 0 Å². The highest BCUT2D eigenvalue weighted by molar-refractivity contribution is 9.10. The summed E-state index contributed by atoms with van der Waals surface area (Å²) < 4.78 is 13.7. The van der Waals surface area contributed by atoms with Gasteiger partial charge in [-0.15, -0.1) is 0 Å². The molecule has 0 unspecified atom stereocenters. The molecule has 1 aliphatic rings. The van der Waals surface area contributed by atoms with Crippen molar-refractivity contribution in [3.8, 4) is 0 Å². The average molecular weight is 432 g/mol. The second kappa shape index (κ2) is 8.90. The summed E-state index contributed by atoms with van der Waals surface area (Å²) in [6.07, 6.45) is 6.00. The van der Waals surface area contributed by atoms with E-state index in [1.165, 1.54) is 18.2 Å². The van der Waals surface area contributed by atoms with Crippen LogP contribution in [0.4, 0.5) is 10.2 Å². The average Bonchev–Trinajstić information content (AvgIpc) is 2.69. The molecule has 7 heteroatoms. The highest BCUT2D eigenvalue weighted by Crippen LogP contribution is 2.20. The quantitative estimate of drug-likeness (QED) is 0.747. The number of hydrogen-bond donors (Lipinski definition) is 1. The molecule has 2 heterocycles. The predicted molar refractivity (Wildman–Crippen MR) is 105 cm³/mol. The van der Waals surface area contributed by atoms with Crippen LogP contribution in [-0.4, -0.2) is 34.8 Å². The third-order valence-corrected chi connectivity index (χ3v) is 4.91. The van der Waals surface area contributed by atoms with Gasteiger partial charge in [0, 0.05) is 35.8 Å². The minimum absolute atomic E-state index is 0.0706. The van der Waals surface area contributed by atoms with Crippen molar-refractivity contribution in [1.29, 1.82) is 0 Å². The van der Waals surface area contributed by atoms with Gasteiger partial charge in [0.15, 0.2) is 0 Å². The zero-order chi connectivity index (χ0) is 19.2. The van der Waals surface area contributed by atoms with Gasteiger partial charge in [-0.25, -0.2) is 9.37 Å². The molecule has 0 aliphatic carbocycles. The van der Waals surface area contributed by atoms with Crippen LogP contribution in [0.25, 0.3) is 6.08 Å². The lowest BCUT2D eigenvalue weighted by Gasteiger charge is -2.30. The van der Waals surface area contributed by atoms with Crippen molar-refractivity contribution in [2.45, 2.75) is 12.8 Å². The maximum atomic E-state index is 12.9. The molecule has 0 radical (unpaired) electrons. The molecular formula is C20H19BrFN3O2. The van der Waals surface area contributed by atoms with Crippen molar-refractivity contribution in [3.05, 3.63) is 64.5 Å². The Morgan fingerprint density at radius 3 is 2.48 bits per heavy atom. The van der Waals surface area contributed by atoms with Gasteiger partial charge < -0.3 is 10.2 Å². The second-order valence-corrected chi connectivity index (χ2v) is 7.25. The van der Waals surface area contributed by atoms with E-state index in [-0.39, 0.29) is 23.5 Å². The lowest BCUT2D eigenvalue weighted by molar-refractivity contribution is -0.130. The van der Waals surface area contributed by atoms with Crippen molar-refractivity contribution in [3.63, 3.8) is 0 Å². The number of amides is 2. The van der Waals surface area contributed by atoms with Gasteiger partial charge in [0.05, 0.1) is 0 Å². The largest absolute Gasteiger partial charge is 0.339 e. The Morgan fingerprint density at radius 2 is 1.85 bits per heavy atom. The van der Waals surface area contributed by atoms with Crippen molar-refractivity contribution < 1.29 is 14.0 Å². The molecule has 1 fully saturated rings. The van der Waals surface area contributed by atoms with E-state index in [1.807, 2.05) is 6.07 Å². The number of nitrogens with one attached hydrogen (secondary N) is 1. The van der Waals surface area contributed by atoms with Crippen molar-refractivity contribution in [2.24, 2.45) is 5.92 Å². The van der Waals surface area contributed by atoms with Crippen LogP contribution in [-0.2, 0) is 9.59 Å². The smallest absolute Gasteiger partial charge is 0.246 e. The summed E-state index contributed by atoms with van der Waals surface area (Å²) >= 11 is 3.30. The first kappa shape index (κ1) is 19.2. The van der Waals surface area contributed by atoms with E-state index in [1.54, 1.807) is 35.4 Å². The molecule has 1 saturated heterocycles. The third kappa shape index (κ3) is 5.47. The van der Waals surface area contributed by atoms with Crippen LogP contribution in [0.5, 0.6) is 0 Å². The first-order chi connectivity index (χ1) is 13.0. The molecule has 1 N–H and O–H groups in total. The summed E-state index contributed by atoms with van der Waals surface area (Å²) in [6.45, 7) is 1.05. The second-order valence-electron chi connectivity index (χ2n) is 6.34. The Labute approximate surface area is 165 Å². The highest BCUT2D eigenvalue weighted by atomic mass is 79.9. The number of benzene rings is 1. The number of piperidine rings is 1. The molecule has 0 spiro atoms. The Balaban J connectivity index is 1.49. The minimum atomic E-state index is -0.308. The van der Waals surface area contributed by atoms with Crippen molar-refractivity contribution >= 4 is 39.6 Å². The molecule has 1 aromatic carbocycles. The van der Waals surface area contributed by atoms with Gasteiger partial charge >= 0.3 is 0 Å². The van der Waals surface area contributed by atoms with Gasteiger partial charge in [-0.2, -0.15) is 0 Å². The first-order valence-corrected chi connectivity index (χ1v) is 9.45. The predicted octanol–water partition coefficient (Wildman–Crippen LogP) is 3.87. The fourth-order valence-corrected chi connectivity index (χ4v) is 3.12. The minimum Gasteiger partial charge on any atom is -0.339 e. The van der Waals surface area contributed by atoms with Gasteiger partial charge in [-0.3, -0.25) is 9.59 Å². The molecule has 0 bridgehead atoms. The maximum Gasteiger partial charge on any atom is 0.246 e.